The average Bonchev–Trinajstić information content (AvgIpc) is 3.21. The van der Waals surface area contributed by atoms with Crippen LogP contribution in [0.3, 0.4) is 0 Å². The zero-order valence-corrected chi connectivity index (χ0v) is 17.3. The number of carbonyl (C=O) groups excluding carboxylic acids is 1. The molecule has 28 heavy (non-hydrogen) atoms. The Hall–Kier alpha value is -2.60. The summed E-state index contributed by atoms with van der Waals surface area (Å²) in [6.07, 6.45) is 2.04. The van der Waals surface area contributed by atoms with E-state index in [-0.39, 0.29) is 11.7 Å². The molecule has 0 aliphatic rings. The van der Waals surface area contributed by atoms with Crippen LogP contribution in [0.1, 0.15) is 44.2 Å². The Balaban J connectivity index is 1.59. The molecule has 1 heterocycles. The van der Waals surface area contributed by atoms with Crippen LogP contribution in [0.5, 0.6) is 0 Å². The fourth-order valence-corrected chi connectivity index (χ4v) is 3.51. The summed E-state index contributed by atoms with van der Waals surface area (Å²) in [6.45, 7) is 6.45. The summed E-state index contributed by atoms with van der Waals surface area (Å²) in [5, 5.41) is 10.8. The molecule has 0 aliphatic heterocycles. The van der Waals surface area contributed by atoms with Crippen LogP contribution in [-0.2, 0) is 11.2 Å². The Morgan fingerprint density at radius 2 is 1.89 bits per heavy atom. The Morgan fingerprint density at radius 3 is 2.61 bits per heavy atom. The van der Waals surface area contributed by atoms with E-state index < -0.39 is 0 Å². The summed E-state index contributed by atoms with van der Waals surface area (Å²) in [4.78, 5) is 16.9. The predicted octanol–water partition coefficient (Wildman–Crippen LogP) is 5.28. The Bertz CT molecular complexity index is 920. The van der Waals surface area contributed by atoms with Gasteiger partial charge in [0.25, 0.3) is 0 Å². The van der Waals surface area contributed by atoms with Gasteiger partial charge in [0.05, 0.1) is 5.75 Å². The quantitative estimate of drug-likeness (QED) is 0.510. The summed E-state index contributed by atoms with van der Waals surface area (Å²) in [5.74, 6) is 1.33. The lowest BCUT2D eigenvalue weighted by molar-refractivity contribution is -0.113. The summed E-state index contributed by atoms with van der Waals surface area (Å²) in [6, 6.07) is 16.2. The highest BCUT2D eigenvalue weighted by atomic mass is 32.2. The maximum atomic E-state index is 12.4. The second-order valence-corrected chi connectivity index (χ2v) is 7.69. The Kier molecular flexibility index (Phi) is 6.87. The topological polar surface area (TPSA) is 70.7 Å². The van der Waals surface area contributed by atoms with Crippen LogP contribution in [0, 0.1) is 0 Å². The summed E-state index contributed by atoms with van der Waals surface area (Å²) >= 11 is 1.33. The van der Waals surface area contributed by atoms with E-state index in [1.54, 1.807) is 0 Å². The number of aromatic nitrogens is 3. The van der Waals surface area contributed by atoms with Crippen molar-refractivity contribution in [3.63, 3.8) is 0 Å². The van der Waals surface area contributed by atoms with Gasteiger partial charge in [-0.3, -0.25) is 9.89 Å². The van der Waals surface area contributed by atoms with Gasteiger partial charge in [-0.2, -0.15) is 0 Å². The number of benzene rings is 2. The van der Waals surface area contributed by atoms with Crippen molar-refractivity contribution in [2.75, 3.05) is 11.1 Å². The summed E-state index contributed by atoms with van der Waals surface area (Å²) < 4.78 is 0. The van der Waals surface area contributed by atoms with E-state index in [0.29, 0.717) is 16.9 Å². The Labute approximate surface area is 170 Å². The molecule has 1 aromatic heterocycles. The van der Waals surface area contributed by atoms with Crippen LogP contribution < -0.4 is 5.32 Å². The number of carbonyl (C=O) groups is 1. The van der Waals surface area contributed by atoms with Crippen LogP contribution in [0.15, 0.2) is 53.7 Å². The molecule has 3 aromatic rings. The number of thioether (sulfide) groups is 1. The lowest BCUT2D eigenvalue weighted by atomic mass is 9.97. The second kappa shape index (κ2) is 9.55. The number of aromatic amines is 1. The molecule has 0 fully saturated rings. The van der Waals surface area contributed by atoms with Crippen molar-refractivity contribution in [1.82, 2.24) is 15.2 Å². The number of para-hydroxylation sites is 1. The molecule has 0 unspecified atom stereocenters. The largest absolute Gasteiger partial charge is 0.325 e. The molecule has 146 valence electrons. The third kappa shape index (κ3) is 5.01. The zero-order chi connectivity index (χ0) is 19.9. The van der Waals surface area contributed by atoms with Gasteiger partial charge in [0.15, 0.2) is 5.82 Å². The van der Waals surface area contributed by atoms with Crippen molar-refractivity contribution in [2.45, 2.75) is 44.7 Å². The number of nitrogens with one attached hydrogen (secondary N) is 2. The van der Waals surface area contributed by atoms with Crippen LogP contribution >= 0.6 is 11.8 Å². The van der Waals surface area contributed by atoms with Gasteiger partial charge in [-0.15, -0.1) is 5.10 Å². The summed E-state index contributed by atoms with van der Waals surface area (Å²) in [5.41, 5.74) is 4.32. The molecule has 0 saturated carbocycles. The van der Waals surface area contributed by atoms with Gasteiger partial charge in [0.2, 0.25) is 11.1 Å². The minimum Gasteiger partial charge on any atom is -0.325 e. The van der Waals surface area contributed by atoms with Crippen molar-refractivity contribution in [3.8, 4) is 11.4 Å². The maximum absolute atomic E-state index is 12.4. The number of hydrogen-bond acceptors (Lipinski definition) is 4. The number of rotatable bonds is 8. The highest BCUT2D eigenvalue weighted by Crippen LogP contribution is 2.27. The molecule has 1 atom stereocenters. The molecule has 0 radical (unpaired) electrons. The van der Waals surface area contributed by atoms with Crippen molar-refractivity contribution in [2.24, 2.45) is 0 Å². The highest BCUT2D eigenvalue weighted by molar-refractivity contribution is 7.99. The number of amides is 1. The van der Waals surface area contributed by atoms with Gasteiger partial charge in [-0.1, -0.05) is 75.0 Å². The van der Waals surface area contributed by atoms with Gasteiger partial charge in [0.1, 0.15) is 0 Å². The summed E-state index contributed by atoms with van der Waals surface area (Å²) in [7, 11) is 0. The van der Waals surface area contributed by atoms with Crippen LogP contribution in [-0.4, -0.2) is 26.8 Å². The number of hydrogen-bond donors (Lipinski definition) is 2. The third-order valence-electron chi connectivity index (χ3n) is 4.81. The van der Waals surface area contributed by atoms with E-state index in [1.165, 1.54) is 22.9 Å². The van der Waals surface area contributed by atoms with Gasteiger partial charge in [-0.05, 0) is 36.0 Å². The monoisotopic (exact) mass is 394 g/mol. The van der Waals surface area contributed by atoms with E-state index in [9.17, 15) is 4.79 Å². The Morgan fingerprint density at radius 1 is 1.14 bits per heavy atom. The molecule has 0 aliphatic carbocycles. The molecule has 0 bridgehead atoms. The maximum Gasteiger partial charge on any atom is 0.234 e. The molecule has 5 nitrogen and oxygen atoms in total. The minimum absolute atomic E-state index is 0.0561. The van der Waals surface area contributed by atoms with Crippen LogP contribution in [0.25, 0.3) is 11.4 Å². The van der Waals surface area contributed by atoms with Gasteiger partial charge in [-0.25, -0.2) is 4.98 Å². The van der Waals surface area contributed by atoms with E-state index in [1.807, 2.05) is 30.3 Å². The van der Waals surface area contributed by atoms with E-state index in [4.69, 9.17) is 0 Å². The molecule has 0 saturated heterocycles. The normalized spacial score (nSPS) is 12.0. The molecule has 1 amide bonds. The molecule has 2 N–H and O–H groups in total. The first-order chi connectivity index (χ1) is 13.6. The smallest absolute Gasteiger partial charge is 0.234 e. The molecule has 0 spiro atoms. The van der Waals surface area contributed by atoms with Crippen molar-refractivity contribution >= 4 is 23.4 Å². The number of aryl methyl sites for hydroxylation is 1. The van der Waals surface area contributed by atoms with Crippen molar-refractivity contribution in [1.29, 1.82) is 0 Å². The SMILES string of the molecule is CCc1ccc(-c2nc(SCC(=O)Nc3ccccc3[C@@H](C)CC)n[nH]2)cc1. The van der Waals surface area contributed by atoms with E-state index >= 15 is 0 Å². The van der Waals surface area contributed by atoms with E-state index in [0.717, 1.165) is 24.1 Å². The highest BCUT2D eigenvalue weighted by Gasteiger charge is 2.13. The second-order valence-electron chi connectivity index (χ2n) is 6.75. The lowest BCUT2D eigenvalue weighted by Gasteiger charge is -2.15. The first-order valence-electron chi connectivity index (χ1n) is 9.64. The molecule has 2 aromatic carbocycles. The first-order valence-corrected chi connectivity index (χ1v) is 10.6. The molecular weight excluding hydrogens is 368 g/mol. The fraction of sp³-hybridized carbons (Fsp3) is 0.318. The number of nitrogens with zero attached hydrogens (tertiary/aromatic N) is 2. The van der Waals surface area contributed by atoms with Crippen LogP contribution in [0.2, 0.25) is 0 Å². The van der Waals surface area contributed by atoms with Crippen LogP contribution in [0.4, 0.5) is 5.69 Å². The first kappa shape index (κ1) is 20.1. The van der Waals surface area contributed by atoms with Crippen molar-refractivity contribution in [3.05, 3.63) is 59.7 Å². The standard InChI is InChI=1S/C22H26N4OS/c1-4-15(3)18-8-6-7-9-19(18)23-20(27)14-28-22-24-21(25-26-22)17-12-10-16(5-2)11-13-17/h6-13,15H,4-5,14H2,1-3H3,(H,23,27)(H,24,25,26)/t15-/m0/s1. The van der Waals surface area contributed by atoms with Gasteiger partial charge >= 0.3 is 0 Å². The molecule has 6 heteroatoms. The van der Waals surface area contributed by atoms with E-state index in [2.05, 4.69) is 59.5 Å². The predicted molar refractivity (Wildman–Crippen MR) is 116 cm³/mol. The number of anilines is 1. The van der Waals surface area contributed by atoms with Crippen molar-refractivity contribution < 1.29 is 4.79 Å². The fourth-order valence-electron chi connectivity index (χ4n) is 2.92. The molecule has 3 rings (SSSR count). The number of H-pyrrole nitrogens is 1. The average molecular weight is 395 g/mol. The lowest BCUT2D eigenvalue weighted by Crippen LogP contribution is -2.16. The van der Waals surface area contributed by atoms with Gasteiger partial charge in [0, 0.05) is 11.3 Å². The minimum atomic E-state index is -0.0561. The molecular formula is C22H26N4OS. The third-order valence-corrected chi connectivity index (χ3v) is 5.66. The van der Waals surface area contributed by atoms with Gasteiger partial charge < -0.3 is 5.32 Å². The zero-order valence-electron chi connectivity index (χ0n) is 16.5.